The van der Waals surface area contributed by atoms with Gasteiger partial charge in [0.15, 0.2) is 0 Å². The summed E-state index contributed by atoms with van der Waals surface area (Å²) in [5.74, 6) is -1.80. The Balaban J connectivity index is 1.35. The fourth-order valence-corrected chi connectivity index (χ4v) is 9.69. The lowest BCUT2D eigenvalue weighted by Crippen LogP contribution is -2.58. The molecule has 0 spiro atoms. The molecule has 4 amide bonds. The van der Waals surface area contributed by atoms with Crippen LogP contribution in [0.1, 0.15) is 56.9 Å². The predicted octanol–water partition coefficient (Wildman–Crippen LogP) is 4.32. The highest BCUT2D eigenvalue weighted by atomic mass is 32.2. The predicted molar refractivity (Wildman–Crippen MR) is 188 cm³/mol. The minimum Gasteiger partial charge on any atom is -0.465 e. The van der Waals surface area contributed by atoms with Crippen molar-refractivity contribution in [1.29, 1.82) is 0 Å². The van der Waals surface area contributed by atoms with Crippen LogP contribution in [-0.4, -0.2) is 77.4 Å². The molecule has 3 fully saturated rings. The molecule has 2 heterocycles. The summed E-state index contributed by atoms with van der Waals surface area (Å²) >= 11 is 1.62. The van der Waals surface area contributed by atoms with Gasteiger partial charge in [-0.2, -0.15) is 0 Å². The topological polar surface area (TPSA) is 162 Å². The van der Waals surface area contributed by atoms with Crippen LogP contribution in [0.5, 0.6) is 0 Å². The van der Waals surface area contributed by atoms with Crippen molar-refractivity contribution >= 4 is 45.6 Å². The summed E-state index contributed by atoms with van der Waals surface area (Å²) in [6.07, 6.45) is 8.12. The molecule has 11 nitrogen and oxygen atoms in total. The van der Waals surface area contributed by atoms with Gasteiger partial charge in [-0.1, -0.05) is 79.2 Å². The number of hydrogen-bond donors (Lipinski definition) is 4. The first kappa shape index (κ1) is 34.8. The molecule has 4 aliphatic rings. The summed E-state index contributed by atoms with van der Waals surface area (Å²) < 4.78 is 26.8. The lowest BCUT2D eigenvalue weighted by atomic mass is 9.93. The van der Waals surface area contributed by atoms with Crippen molar-refractivity contribution in [3.63, 3.8) is 0 Å². The van der Waals surface area contributed by atoms with E-state index in [0.29, 0.717) is 25.0 Å². The van der Waals surface area contributed by atoms with E-state index in [-0.39, 0.29) is 25.8 Å². The second kappa shape index (κ2) is 14.0. The summed E-state index contributed by atoms with van der Waals surface area (Å²) in [7, 11) is -3.88. The molecule has 2 bridgehead atoms. The summed E-state index contributed by atoms with van der Waals surface area (Å²) in [4.78, 5) is 55.4. The van der Waals surface area contributed by atoms with Gasteiger partial charge in [0.05, 0.1) is 10.00 Å². The second-order valence-electron chi connectivity index (χ2n) is 13.4. The number of hydrogen-bond acceptors (Lipinski definition) is 7. The molecule has 1 saturated heterocycles. The van der Waals surface area contributed by atoms with E-state index in [1.165, 1.54) is 11.0 Å². The maximum Gasteiger partial charge on any atom is 0.405 e. The van der Waals surface area contributed by atoms with E-state index in [4.69, 9.17) is 0 Å². The number of fused-ring (bicyclic) bond motifs is 2. The van der Waals surface area contributed by atoms with Gasteiger partial charge in [0.2, 0.25) is 21.8 Å². The molecule has 260 valence electrons. The zero-order valence-corrected chi connectivity index (χ0v) is 28.8. The summed E-state index contributed by atoms with van der Waals surface area (Å²) in [5, 5.41) is 14.2. The van der Waals surface area contributed by atoms with Crippen LogP contribution in [0.3, 0.4) is 0 Å². The maximum atomic E-state index is 14.4. The number of carbonyl (C=O) groups is 4. The zero-order chi connectivity index (χ0) is 34.8. The molecule has 2 aromatic rings. The van der Waals surface area contributed by atoms with Gasteiger partial charge in [0, 0.05) is 18.2 Å². The molecule has 0 aromatic heterocycles. The highest BCUT2D eigenvalue weighted by molar-refractivity contribution is 8.00. The number of amides is 4. The van der Waals surface area contributed by atoms with Crippen molar-refractivity contribution in [2.45, 2.75) is 79.0 Å². The van der Waals surface area contributed by atoms with Gasteiger partial charge in [0.25, 0.3) is 5.91 Å². The molecule has 4 N–H and O–H groups in total. The van der Waals surface area contributed by atoms with E-state index >= 15 is 0 Å². The van der Waals surface area contributed by atoms with Crippen LogP contribution in [0.2, 0.25) is 0 Å². The summed E-state index contributed by atoms with van der Waals surface area (Å²) in [6.45, 7) is 3.91. The van der Waals surface area contributed by atoms with Crippen molar-refractivity contribution in [2.75, 3.05) is 12.3 Å². The third-order valence-corrected chi connectivity index (χ3v) is 13.3. The minimum absolute atomic E-state index is 0.130. The number of nitrogens with one attached hydrogen (secondary N) is 3. The van der Waals surface area contributed by atoms with Gasteiger partial charge < -0.3 is 20.6 Å². The molecular weight excluding hydrogens is 665 g/mol. The number of rotatable bonds is 9. The van der Waals surface area contributed by atoms with Crippen molar-refractivity contribution in [1.82, 2.24) is 20.3 Å². The Bertz CT molecular complexity index is 1750. The van der Waals surface area contributed by atoms with Crippen LogP contribution >= 0.6 is 11.8 Å². The Hall–Kier alpha value is -4.10. The molecule has 2 aromatic carbocycles. The Morgan fingerprint density at radius 2 is 1.67 bits per heavy atom. The van der Waals surface area contributed by atoms with Crippen LogP contribution in [0.4, 0.5) is 4.79 Å². The highest BCUT2D eigenvalue weighted by Crippen LogP contribution is 2.50. The molecule has 49 heavy (non-hydrogen) atoms. The quantitative estimate of drug-likeness (QED) is 0.281. The van der Waals surface area contributed by atoms with Crippen molar-refractivity contribution in [3.8, 4) is 11.1 Å². The summed E-state index contributed by atoms with van der Waals surface area (Å²) in [5.41, 5.74) is 1.45. The molecule has 0 radical (unpaired) electrons. The second-order valence-corrected chi connectivity index (χ2v) is 16.7. The van der Waals surface area contributed by atoms with Crippen molar-refractivity contribution in [3.05, 3.63) is 85.0 Å². The Morgan fingerprint density at radius 3 is 2.33 bits per heavy atom. The first-order chi connectivity index (χ1) is 23.5. The number of carboxylic acid groups (broad SMARTS) is 1. The van der Waals surface area contributed by atoms with Gasteiger partial charge in [-0.25, -0.2) is 13.2 Å². The number of carbonyl (C=O) groups excluding carboxylic acids is 3. The first-order valence-corrected chi connectivity index (χ1v) is 19.3. The van der Waals surface area contributed by atoms with Crippen LogP contribution in [-0.2, 0) is 29.2 Å². The third kappa shape index (κ3) is 7.42. The molecule has 6 rings (SSSR count). The lowest BCUT2D eigenvalue weighted by Gasteiger charge is -2.31. The van der Waals surface area contributed by atoms with Gasteiger partial charge in [0.1, 0.15) is 17.6 Å². The number of benzene rings is 2. The molecule has 2 aliphatic heterocycles. The number of thioether (sulfide) groups is 1. The Labute approximate surface area is 291 Å². The molecular formula is C36H42N4O7S2. The van der Waals surface area contributed by atoms with E-state index in [0.717, 1.165) is 29.5 Å². The van der Waals surface area contributed by atoms with Gasteiger partial charge >= 0.3 is 6.09 Å². The van der Waals surface area contributed by atoms with E-state index in [1.54, 1.807) is 11.8 Å². The fraction of sp³-hybridized carbons (Fsp3) is 0.444. The number of nitrogens with zero attached hydrogens (tertiary/aromatic N) is 1. The summed E-state index contributed by atoms with van der Waals surface area (Å²) in [6, 6.07) is 15.9. The van der Waals surface area contributed by atoms with E-state index < -0.39 is 67.4 Å². The normalized spacial score (nSPS) is 29.3. The third-order valence-electron chi connectivity index (χ3n) is 10.0. The van der Waals surface area contributed by atoms with E-state index in [9.17, 15) is 32.7 Å². The van der Waals surface area contributed by atoms with Crippen LogP contribution < -0.4 is 15.4 Å². The van der Waals surface area contributed by atoms with E-state index in [2.05, 4.69) is 34.1 Å². The van der Waals surface area contributed by atoms with E-state index in [1.807, 2.05) is 54.6 Å². The van der Waals surface area contributed by atoms with Crippen LogP contribution in [0.15, 0.2) is 79.4 Å². The largest absolute Gasteiger partial charge is 0.465 e. The van der Waals surface area contributed by atoms with Crippen LogP contribution in [0, 0.1) is 5.92 Å². The molecule has 2 saturated carbocycles. The maximum absolute atomic E-state index is 14.4. The van der Waals surface area contributed by atoms with Crippen molar-refractivity contribution in [2.24, 2.45) is 5.92 Å². The molecule has 2 aliphatic carbocycles. The fourth-order valence-electron chi connectivity index (χ4n) is 6.96. The molecule has 5 atom stereocenters. The lowest BCUT2D eigenvalue weighted by molar-refractivity contribution is -0.141. The standard InChI is InChI=1S/C36H42N4O7S2/c1-2-26-21-36(26,33(43)39-49(46,47)28-18-19-28)38-31(41)30-22-35(27-16-14-25(15-17-27)24-11-7-6-8-12-24)23-40(30)32(42)29(37-34(44)45)13-9-4-3-5-10-20-48-35/h2,5-8,10-12,14-17,26,28-30,37H,1,3-4,9,13,18-23H2,(H,38,41)(H,39,43)(H,44,45)/b10-5-/t26-,29+,30+,35+,36-/m1/s1. The number of allylic oxidation sites excluding steroid dienone is 1. The van der Waals surface area contributed by atoms with Gasteiger partial charge in [-0.05, 0) is 61.6 Å². The first-order valence-electron chi connectivity index (χ1n) is 16.7. The van der Waals surface area contributed by atoms with Gasteiger partial charge in [-0.3, -0.25) is 19.1 Å². The Morgan fingerprint density at radius 1 is 0.959 bits per heavy atom. The Kier molecular flexibility index (Phi) is 9.95. The van der Waals surface area contributed by atoms with Crippen molar-refractivity contribution < 1.29 is 32.7 Å². The molecule has 0 unspecified atom stereocenters. The highest BCUT2D eigenvalue weighted by Gasteiger charge is 2.62. The van der Waals surface area contributed by atoms with Gasteiger partial charge in [-0.15, -0.1) is 18.3 Å². The average molecular weight is 707 g/mol. The zero-order valence-electron chi connectivity index (χ0n) is 27.2. The molecule has 13 heteroatoms. The number of sulfonamides is 1. The minimum atomic E-state index is -3.88. The monoisotopic (exact) mass is 706 g/mol. The SMILES string of the molecule is C=C[C@@H]1C[C@]1(NC(=O)[C@@H]1C[C@@]2(c3ccc(-c4ccccc4)cc3)CN1C(=O)[C@@H](NC(=O)O)CCCC/C=C\CS2)C(=O)NS(=O)(=O)C1CC1. The van der Waals surface area contributed by atoms with Crippen LogP contribution in [0.25, 0.3) is 11.1 Å². The smallest absolute Gasteiger partial charge is 0.405 e. The average Bonchev–Trinajstić information content (AvgIpc) is 4.02.